The molecule has 0 aromatic heterocycles. The minimum Gasteiger partial charge on any atom is -0.459 e. The molecule has 1 amide bonds. The van der Waals surface area contributed by atoms with Crippen molar-refractivity contribution in [3.63, 3.8) is 0 Å². The maximum atomic E-state index is 13.0. The Morgan fingerprint density at radius 3 is 2.35 bits per heavy atom. The van der Waals surface area contributed by atoms with Gasteiger partial charge in [0.05, 0.1) is 26.4 Å². The maximum absolute atomic E-state index is 13.0. The lowest BCUT2D eigenvalue weighted by Gasteiger charge is -2.52. The van der Waals surface area contributed by atoms with E-state index in [-0.39, 0.29) is 12.5 Å². The molecule has 0 aromatic rings. The molecule has 1 aliphatic heterocycles. The first-order chi connectivity index (χ1) is 14.4. The van der Waals surface area contributed by atoms with E-state index >= 15 is 0 Å². The summed E-state index contributed by atoms with van der Waals surface area (Å²) in [4.78, 5) is 26.2. The van der Waals surface area contributed by atoms with Crippen molar-refractivity contribution in [1.82, 2.24) is 4.90 Å². The van der Waals surface area contributed by atoms with Gasteiger partial charge in [0.1, 0.15) is 5.60 Å². The van der Waals surface area contributed by atoms with Crippen LogP contribution in [0, 0.1) is 22.7 Å². The minimum atomic E-state index is -0.737. The summed E-state index contributed by atoms with van der Waals surface area (Å²) < 4.78 is 22.6. The lowest BCUT2D eigenvalue weighted by molar-refractivity contribution is -0.240. The number of ether oxygens (including phenoxy) is 4. The lowest BCUT2D eigenvalue weighted by Crippen LogP contribution is -2.58. The third kappa shape index (κ3) is 4.75. The summed E-state index contributed by atoms with van der Waals surface area (Å²) in [7, 11) is 3.01. The summed E-state index contributed by atoms with van der Waals surface area (Å²) in [6.45, 7) is 14.8. The van der Waals surface area contributed by atoms with Crippen LogP contribution in [0.2, 0.25) is 0 Å². The molecular weight excluding hydrogens is 398 g/mol. The topological polar surface area (TPSA) is 74.3 Å². The van der Waals surface area contributed by atoms with Gasteiger partial charge in [-0.3, -0.25) is 0 Å². The number of esters is 1. The van der Waals surface area contributed by atoms with E-state index in [4.69, 9.17) is 14.2 Å². The number of allylic oxidation sites excluding steroid dienone is 1. The highest BCUT2D eigenvalue weighted by molar-refractivity contribution is 5.88. The Morgan fingerprint density at radius 1 is 1.23 bits per heavy atom. The van der Waals surface area contributed by atoms with Crippen LogP contribution in [0.5, 0.6) is 0 Å². The van der Waals surface area contributed by atoms with Crippen molar-refractivity contribution in [2.45, 2.75) is 77.7 Å². The second kappa shape index (κ2) is 9.22. The van der Waals surface area contributed by atoms with Crippen molar-refractivity contribution in [2.24, 2.45) is 10.8 Å². The second-order valence-corrected chi connectivity index (χ2v) is 9.80. The molecule has 1 saturated carbocycles. The molecule has 7 nitrogen and oxygen atoms in total. The Morgan fingerprint density at radius 2 is 1.84 bits per heavy atom. The Balaban J connectivity index is 2.49. The molecule has 2 fully saturated rings. The summed E-state index contributed by atoms with van der Waals surface area (Å²) in [5.41, 5.74) is -1.54. The number of carbonyl (C=O) groups is 2. The molecule has 7 heteroatoms. The smallest absolute Gasteiger partial charge is 0.410 e. The van der Waals surface area contributed by atoms with Gasteiger partial charge in [-0.25, -0.2) is 9.59 Å². The monoisotopic (exact) mass is 435 g/mol. The molecule has 1 saturated heterocycles. The van der Waals surface area contributed by atoms with Gasteiger partial charge >= 0.3 is 12.1 Å². The predicted molar refractivity (Wildman–Crippen MR) is 117 cm³/mol. The van der Waals surface area contributed by atoms with Crippen LogP contribution < -0.4 is 0 Å². The van der Waals surface area contributed by atoms with Crippen LogP contribution in [0.3, 0.4) is 0 Å². The normalized spacial score (nSPS) is 27.8. The van der Waals surface area contributed by atoms with Crippen molar-refractivity contribution < 1.29 is 28.5 Å². The van der Waals surface area contributed by atoms with Gasteiger partial charge in [0.15, 0.2) is 5.79 Å². The lowest BCUT2D eigenvalue weighted by atomic mass is 9.59. The van der Waals surface area contributed by atoms with Crippen LogP contribution in [-0.2, 0) is 23.7 Å². The van der Waals surface area contributed by atoms with E-state index in [0.717, 1.165) is 6.42 Å². The van der Waals surface area contributed by atoms with Crippen molar-refractivity contribution >= 4 is 12.1 Å². The summed E-state index contributed by atoms with van der Waals surface area (Å²) >= 11 is 0. The maximum Gasteiger partial charge on any atom is 0.410 e. The fourth-order valence-electron chi connectivity index (χ4n) is 5.06. The van der Waals surface area contributed by atoms with Gasteiger partial charge in [-0.05, 0) is 33.6 Å². The standard InChI is InChI=1S/C24H37NO6/c1-9-13-23(6)22(5,14-15-24(23)29-16-17-30-24)18(11-10-12-19(26)28-8)25(7)20(27)31-21(2,3)4/h9,18H,1,11,13-17H2,2-8H3/t18-,22+,23-/m0/s1. The molecule has 0 unspecified atom stereocenters. The summed E-state index contributed by atoms with van der Waals surface area (Å²) in [6, 6.07) is -0.350. The second-order valence-electron chi connectivity index (χ2n) is 9.80. The summed E-state index contributed by atoms with van der Waals surface area (Å²) in [5.74, 6) is 4.06. The van der Waals surface area contributed by atoms with Crippen LogP contribution in [0.15, 0.2) is 12.7 Å². The largest absolute Gasteiger partial charge is 0.459 e. The van der Waals surface area contributed by atoms with E-state index < -0.39 is 34.3 Å². The average molecular weight is 436 g/mol. The SMILES string of the molecule is C=CC[C@]1(C)C2(CC[C@]1(C)[C@H](CC#CC(=O)OC)N(C)C(=O)OC(C)(C)C)OCCO2. The Labute approximate surface area is 186 Å². The zero-order chi connectivity index (χ0) is 23.5. The van der Waals surface area contributed by atoms with Crippen molar-refractivity contribution in [3.05, 3.63) is 12.7 Å². The Bertz CT molecular complexity index is 754. The third-order valence-electron chi connectivity index (χ3n) is 6.94. The minimum absolute atomic E-state index is 0.282. The molecule has 0 N–H and O–H groups in total. The van der Waals surface area contributed by atoms with Gasteiger partial charge in [-0.2, -0.15) is 0 Å². The molecular formula is C24H37NO6. The first-order valence-electron chi connectivity index (χ1n) is 10.8. The number of amides is 1. The van der Waals surface area contributed by atoms with E-state index in [9.17, 15) is 9.59 Å². The van der Waals surface area contributed by atoms with Gasteiger partial charge in [0.25, 0.3) is 0 Å². The molecule has 174 valence electrons. The van der Waals surface area contributed by atoms with Crippen LogP contribution in [0.25, 0.3) is 0 Å². The highest BCUT2D eigenvalue weighted by Crippen LogP contribution is 2.65. The molecule has 0 bridgehead atoms. The number of hydrogen-bond donors (Lipinski definition) is 0. The highest BCUT2D eigenvalue weighted by atomic mass is 16.7. The molecule has 2 rings (SSSR count). The van der Waals surface area contributed by atoms with Gasteiger partial charge < -0.3 is 23.8 Å². The van der Waals surface area contributed by atoms with Crippen molar-refractivity contribution in [2.75, 3.05) is 27.4 Å². The fourth-order valence-corrected chi connectivity index (χ4v) is 5.06. The van der Waals surface area contributed by atoms with E-state index in [0.29, 0.717) is 26.1 Å². The number of rotatable bonds is 5. The third-order valence-corrected chi connectivity index (χ3v) is 6.94. The predicted octanol–water partition coefficient (Wildman–Crippen LogP) is 3.91. The fraction of sp³-hybridized carbons (Fsp3) is 0.750. The van der Waals surface area contributed by atoms with Crippen molar-refractivity contribution in [1.29, 1.82) is 0 Å². The van der Waals surface area contributed by atoms with Crippen LogP contribution in [-0.4, -0.2) is 61.8 Å². The molecule has 2 aliphatic rings. The summed E-state index contributed by atoms with van der Waals surface area (Å²) in [5, 5.41) is 0. The number of nitrogens with zero attached hydrogens (tertiary/aromatic N) is 1. The first kappa shape index (κ1) is 25.2. The number of methoxy groups -OCH3 is 1. The van der Waals surface area contributed by atoms with Crippen LogP contribution in [0.1, 0.15) is 60.3 Å². The molecule has 1 spiro atoms. The molecule has 1 heterocycles. The quantitative estimate of drug-likeness (QED) is 0.282. The average Bonchev–Trinajstić information content (AvgIpc) is 3.25. The molecule has 3 atom stereocenters. The molecule has 1 aliphatic carbocycles. The summed E-state index contributed by atoms with van der Waals surface area (Å²) in [6.07, 6.45) is 3.83. The zero-order valence-corrected chi connectivity index (χ0v) is 20.0. The van der Waals surface area contributed by atoms with Crippen molar-refractivity contribution in [3.8, 4) is 11.8 Å². The number of carbonyl (C=O) groups excluding carboxylic acids is 2. The van der Waals surface area contributed by atoms with Gasteiger partial charge in [-0.15, -0.1) is 6.58 Å². The van der Waals surface area contributed by atoms with E-state index in [1.807, 2.05) is 26.8 Å². The van der Waals surface area contributed by atoms with E-state index in [2.05, 4.69) is 37.0 Å². The number of hydrogen-bond acceptors (Lipinski definition) is 6. The van der Waals surface area contributed by atoms with Gasteiger partial charge in [0, 0.05) is 36.6 Å². The van der Waals surface area contributed by atoms with Crippen LogP contribution in [0.4, 0.5) is 4.79 Å². The van der Waals surface area contributed by atoms with Gasteiger partial charge in [-0.1, -0.05) is 25.8 Å². The Kier molecular flexibility index (Phi) is 7.50. The van der Waals surface area contributed by atoms with E-state index in [1.54, 1.807) is 11.9 Å². The Hall–Kier alpha value is -2.04. The molecule has 0 aromatic carbocycles. The molecule has 31 heavy (non-hydrogen) atoms. The zero-order valence-electron chi connectivity index (χ0n) is 20.0. The van der Waals surface area contributed by atoms with E-state index in [1.165, 1.54) is 7.11 Å². The van der Waals surface area contributed by atoms with Crippen LogP contribution >= 0.6 is 0 Å². The highest BCUT2D eigenvalue weighted by Gasteiger charge is 2.68. The molecule has 0 radical (unpaired) electrons. The van der Waals surface area contributed by atoms with Gasteiger partial charge in [0.2, 0.25) is 0 Å². The first-order valence-corrected chi connectivity index (χ1v) is 10.8.